The van der Waals surface area contributed by atoms with Crippen LogP contribution in [0.3, 0.4) is 0 Å². The molecule has 1 aliphatic carbocycles. The van der Waals surface area contributed by atoms with Gasteiger partial charge in [0.25, 0.3) is 0 Å². The van der Waals surface area contributed by atoms with Gasteiger partial charge < -0.3 is 15.5 Å². The van der Waals surface area contributed by atoms with Crippen molar-refractivity contribution in [3.63, 3.8) is 0 Å². The SMILES string of the molecule is CCCCC=CC(=O)NC1CC(O)(CNS(=O)(=O)CCCCC)CC1O. The minimum atomic E-state index is -3.45. The summed E-state index contributed by atoms with van der Waals surface area (Å²) < 4.78 is 26.3. The van der Waals surface area contributed by atoms with Crippen molar-refractivity contribution in [1.82, 2.24) is 10.0 Å². The molecule has 0 aromatic rings. The lowest BCUT2D eigenvalue weighted by molar-refractivity contribution is -0.117. The molecule has 3 atom stereocenters. The van der Waals surface area contributed by atoms with Crippen LogP contribution in [-0.4, -0.2) is 54.6 Å². The number of rotatable bonds is 12. The van der Waals surface area contributed by atoms with Gasteiger partial charge in [0.15, 0.2) is 0 Å². The fourth-order valence-corrected chi connectivity index (χ4v) is 4.27. The van der Waals surface area contributed by atoms with E-state index in [0.717, 1.165) is 32.1 Å². The third-order valence-electron chi connectivity index (χ3n) is 4.61. The zero-order chi connectivity index (χ0) is 19.6. The van der Waals surface area contributed by atoms with Crippen LogP contribution >= 0.6 is 0 Å². The summed E-state index contributed by atoms with van der Waals surface area (Å²) in [5, 5.41) is 23.4. The Kier molecular flexibility index (Phi) is 9.78. The Balaban J connectivity index is 2.47. The van der Waals surface area contributed by atoms with E-state index < -0.39 is 27.8 Å². The summed E-state index contributed by atoms with van der Waals surface area (Å²) in [5.74, 6) is -0.281. The number of hydrogen-bond acceptors (Lipinski definition) is 5. The van der Waals surface area contributed by atoms with Crippen molar-refractivity contribution in [2.45, 2.75) is 83.0 Å². The van der Waals surface area contributed by atoms with Crippen molar-refractivity contribution >= 4 is 15.9 Å². The van der Waals surface area contributed by atoms with Crippen molar-refractivity contribution in [3.8, 4) is 0 Å². The maximum Gasteiger partial charge on any atom is 0.243 e. The Labute approximate surface area is 157 Å². The number of unbranched alkanes of at least 4 members (excludes halogenated alkanes) is 4. The molecular formula is C18H34N2O5S. The molecule has 1 amide bonds. The van der Waals surface area contributed by atoms with E-state index in [1.807, 2.05) is 6.92 Å². The van der Waals surface area contributed by atoms with Crippen molar-refractivity contribution < 1.29 is 23.4 Å². The molecule has 0 bridgehead atoms. The number of carbonyl (C=O) groups excluding carboxylic acids is 1. The van der Waals surface area contributed by atoms with Gasteiger partial charge in [-0.1, -0.05) is 45.6 Å². The number of allylic oxidation sites excluding steroid dienone is 1. The zero-order valence-electron chi connectivity index (χ0n) is 15.9. The number of aliphatic hydroxyl groups is 2. The summed E-state index contributed by atoms with van der Waals surface area (Å²) in [7, 11) is -3.45. The van der Waals surface area contributed by atoms with E-state index in [-0.39, 0.29) is 31.0 Å². The van der Waals surface area contributed by atoms with Crippen LogP contribution in [0.25, 0.3) is 0 Å². The molecule has 0 radical (unpaired) electrons. The van der Waals surface area contributed by atoms with Crippen LogP contribution in [0.1, 0.15) is 65.2 Å². The molecular weight excluding hydrogens is 356 g/mol. The molecule has 1 aliphatic rings. The highest BCUT2D eigenvalue weighted by atomic mass is 32.2. The van der Waals surface area contributed by atoms with Gasteiger partial charge >= 0.3 is 0 Å². The molecule has 4 N–H and O–H groups in total. The maximum atomic E-state index is 12.0. The highest BCUT2D eigenvalue weighted by Crippen LogP contribution is 2.30. The molecule has 0 aromatic heterocycles. The Morgan fingerprint density at radius 3 is 2.54 bits per heavy atom. The Hall–Kier alpha value is -0.960. The van der Waals surface area contributed by atoms with E-state index in [0.29, 0.717) is 6.42 Å². The van der Waals surface area contributed by atoms with E-state index in [2.05, 4.69) is 17.0 Å². The minimum Gasteiger partial charge on any atom is -0.391 e. The molecule has 1 saturated carbocycles. The first-order chi connectivity index (χ1) is 12.2. The van der Waals surface area contributed by atoms with Crippen LogP contribution in [0.5, 0.6) is 0 Å². The lowest BCUT2D eigenvalue weighted by atomic mass is 10.0. The Morgan fingerprint density at radius 1 is 1.19 bits per heavy atom. The second-order valence-corrected chi connectivity index (χ2v) is 9.13. The van der Waals surface area contributed by atoms with E-state index in [4.69, 9.17) is 0 Å². The minimum absolute atomic E-state index is 0.0228. The van der Waals surface area contributed by atoms with Crippen LogP contribution in [0.4, 0.5) is 0 Å². The molecule has 3 unspecified atom stereocenters. The van der Waals surface area contributed by atoms with Gasteiger partial charge in [0.05, 0.1) is 23.5 Å². The monoisotopic (exact) mass is 390 g/mol. The first-order valence-corrected chi connectivity index (χ1v) is 11.2. The number of carbonyl (C=O) groups is 1. The van der Waals surface area contributed by atoms with E-state index >= 15 is 0 Å². The van der Waals surface area contributed by atoms with Gasteiger partial charge in [0.1, 0.15) is 0 Å². The highest BCUT2D eigenvalue weighted by Gasteiger charge is 2.44. The quantitative estimate of drug-likeness (QED) is 0.295. The van der Waals surface area contributed by atoms with Crippen molar-refractivity contribution in [2.24, 2.45) is 0 Å². The topological polar surface area (TPSA) is 116 Å². The van der Waals surface area contributed by atoms with Gasteiger partial charge in [-0.2, -0.15) is 0 Å². The van der Waals surface area contributed by atoms with Crippen LogP contribution in [0, 0.1) is 0 Å². The van der Waals surface area contributed by atoms with Gasteiger partial charge in [-0.3, -0.25) is 4.79 Å². The lowest BCUT2D eigenvalue weighted by Crippen LogP contribution is -2.43. The molecule has 8 heteroatoms. The summed E-state index contributed by atoms with van der Waals surface area (Å²) in [6.45, 7) is 3.91. The summed E-state index contributed by atoms with van der Waals surface area (Å²) >= 11 is 0. The smallest absolute Gasteiger partial charge is 0.243 e. The summed E-state index contributed by atoms with van der Waals surface area (Å²) in [4.78, 5) is 11.9. The second-order valence-electron chi connectivity index (χ2n) is 7.21. The third-order valence-corrected chi connectivity index (χ3v) is 6.02. The molecule has 0 spiro atoms. The van der Waals surface area contributed by atoms with E-state index in [1.165, 1.54) is 6.08 Å². The molecule has 0 aliphatic heterocycles. The molecule has 1 rings (SSSR count). The van der Waals surface area contributed by atoms with Gasteiger partial charge in [-0.05, 0) is 18.9 Å². The van der Waals surface area contributed by atoms with Crippen molar-refractivity contribution in [2.75, 3.05) is 12.3 Å². The number of nitrogens with one attached hydrogen (secondary N) is 2. The van der Waals surface area contributed by atoms with Crippen molar-refractivity contribution in [1.29, 1.82) is 0 Å². The molecule has 0 saturated heterocycles. The highest BCUT2D eigenvalue weighted by molar-refractivity contribution is 7.89. The average molecular weight is 391 g/mol. The fourth-order valence-electron chi connectivity index (χ4n) is 3.05. The van der Waals surface area contributed by atoms with Crippen LogP contribution in [0.2, 0.25) is 0 Å². The first-order valence-electron chi connectivity index (χ1n) is 9.56. The van der Waals surface area contributed by atoms with Gasteiger partial charge in [-0.15, -0.1) is 0 Å². The standard InChI is InChI=1S/C18H34N2O5S/c1-3-5-7-8-10-17(22)20-15-12-18(23,13-16(15)21)14-19-26(24,25)11-9-6-4-2/h8,10,15-16,19,21,23H,3-7,9,11-14H2,1-2H3,(H,20,22). The Bertz CT molecular complexity index is 564. The molecule has 7 nitrogen and oxygen atoms in total. The van der Waals surface area contributed by atoms with Crippen LogP contribution in [-0.2, 0) is 14.8 Å². The zero-order valence-corrected chi connectivity index (χ0v) is 16.7. The third kappa shape index (κ3) is 8.62. The average Bonchev–Trinajstić information content (AvgIpc) is 2.85. The van der Waals surface area contributed by atoms with Crippen molar-refractivity contribution in [3.05, 3.63) is 12.2 Å². The number of amides is 1. The molecule has 26 heavy (non-hydrogen) atoms. The predicted octanol–water partition coefficient (Wildman–Crippen LogP) is 1.21. The van der Waals surface area contributed by atoms with Crippen LogP contribution < -0.4 is 10.0 Å². The Morgan fingerprint density at radius 2 is 1.88 bits per heavy atom. The van der Waals surface area contributed by atoms with Gasteiger partial charge in [0, 0.05) is 19.4 Å². The largest absolute Gasteiger partial charge is 0.391 e. The second kappa shape index (κ2) is 11.0. The number of sulfonamides is 1. The number of hydrogen-bond donors (Lipinski definition) is 4. The summed E-state index contributed by atoms with van der Waals surface area (Å²) in [6, 6.07) is -0.590. The first kappa shape index (κ1) is 23.1. The van der Waals surface area contributed by atoms with Gasteiger partial charge in [-0.25, -0.2) is 13.1 Å². The maximum absolute atomic E-state index is 12.0. The predicted molar refractivity (Wildman–Crippen MR) is 102 cm³/mol. The molecule has 0 aromatic carbocycles. The normalized spacial score (nSPS) is 26.5. The van der Waals surface area contributed by atoms with Crippen LogP contribution in [0.15, 0.2) is 12.2 Å². The fraction of sp³-hybridized carbons (Fsp3) is 0.833. The summed E-state index contributed by atoms with van der Waals surface area (Å²) in [6.07, 6.45) is 7.68. The summed E-state index contributed by atoms with van der Waals surface area (Å²) in [5.41, 5.74) is -1.36. The van der Waals surface area contributed by atoms with E-state index in [9.17, 15) is 23.4 Å². The van der Waals surface area contributed by atoms with E-state index in [1.54, 1.807) is 6.08 Å². The van der Waals surface area contributed by atoms with Gasteiger partial charge in [0.2, 0.25) is 15.9 Å². The molecule has 0 heterocycles. The number of aliphatic hydroxyl groups excluding tert-OH is 1. The lowest BCUT2D eigenvalue weighted by Gasteiger charge is -2.23. The molecule has 152 valence electrons. The molecule has 1 fully saturated rings.